The predicted octanol–water partition coefficient (Wildman–Crippen LogP) is -0.605. The third-order valence-corrected chi connectivity index (χ3v) is 2.58. The number of aromatic amines is 1. The highest BCUT2D eigenvalue weighted by atomic mass is 16.4. The van der Waals surface area contributed by atoms with Gasteiger partial charge in [-0.1, -0.05) is 0 Å². The van der Waals surface area contributed by atoms with E-state index in [0.29, 0.717) is 6.54 Å². The molecule has 0 saturated carbocycles. The molecule has 2 amide bonds. The van der Waals surface area contributed by atoms with Crippen LogP contribution in [0.4, 0.5) is 4.79 Å². The average Bonchev–Trinajstić information content (AvgIpc) is 2.77. The summed E-state index contributed by atoms with van der Waals surface area (Å²) in [7, 11) is 0. The molecule has 0 aliphatic carbocycles. The van der Waals surface area contributed by atoms with Crippen LogP contribution in [0, 0.1) is 6.92 Å². The number of aryl methyl sites for hydroxylation is 2. The Morgan fingerprint density at radius 2 is 2.21 bits per heavy atom. The van der Waals surface area contributed by atoms with Crippen LogP contribution in [0.1, 0.15) is 17.7 Å². The maximum Gasteiger partial charge on any atom is 0.334 e. The first-order valence-electron chi connectivity index (χ1n) is 5.92. The van der Waals surface area contributed by atoms with Crippen molar-refractivity contribution in [2.24, 2.45) is 0 Å². The second-order valence-corrected chi connectivity index (χ2v) is 4.11. The number of hydrogen-bond donors (Lipinski definition) is 5. The minimum Gasteiger partial charge on any atom is -0.479 e. The number of carboxylic acid groups (broad SMARTS) is 1. The van der Waals surface area contributed by atoms with Crippen molar-refractivity contribution in [1.82, 2.24) is 20.8 Å². The number of rotatable bonds is 7. The van der Waals surface area contributed by atoms with Gasteiger partial charge in [-0.05, 0) is 25.3 Å². The Balaban J connectivity index is 2.11. The van der Waals surface area contributed by atoms with Crippen LogP contribution in [-0.4, -0.2) is 51.6 Å². The summed E-state index contributed by atoms with van der Waals surface area (Å²) in [6.07, 6.45) is 1.70. The van der Waals surface area contributed by atoms with Gasteiger partial charge in [0, 0.05) is 12.2 Å². The van der Waals surface area contributed by atoms with Gasteiger partial charge in [-0.25, -0.2) is 9.59 Å². The molecule has 5 N–H and O–H groups in total. The molecular weight excluding hydrogens is 252 g/mol. The van der Waals surface area contributed by atoms with Gasteiger partial charge < -0.3 is 20.8 Å². The molecule has 8 nitrogen and oxygen atoms in total. The zero-order valence-corrected chi connectivity index (χ0v) is 10.6. The molecule has 1 rings (SSSR count). The molecule has 0 saturated heterocycles. The maximum absolute atomic E-state index is 11.3. The number of nitrogens with one attached hydrogen (secondary N) is 3. The fraction of sp³-hybridized carbons (Fsp3) is 0.545. The van der Waals surface area contributed by atoms with Crippen molar-refractivity contribution in [2.45, 2.75) is 25.9 Å². The molecule has 8 heteroatoms. The van der Waals surface area contributed by atoms with E-state index in [0.717, 1.165) is 24.1 Å². The molecule has 0 aliphatic rings. The number of H-pyrrole nitrogens is 1. The van der Waals surface area contributed by atoms with Crippen molar-refractivity contribution in [3.8, 4) is 0 Å². The summed E-state index contributed by atoms with van der Waals surface area (Å²) >= 11 is 0. The molecule has 106 valence electrons. The molecule has 1 aromatic heterocycles. The number of aliphatic hydroxyl groups excluding tert-OH is 1. The Morgan fingerprint density at radius 3 is 2.79 bits per heavy atom. The summed E-state index contributed by atoms with van der Waals surface area (Å²) in [6, 6.07) is -0.496. The van der Waals surface area contributed by atoms with E-state index in [9.17, 15) is 9.59 Å². The zero-order chi connectivity index (χ0) is 14.3. The summed E-state index contributed by atoms with van der Waals surface area (Å²) in [5, 5.41) is 28.9. The first-order chi connectivity index (χ1) is 9.00. The highest BCUT2D eigenvalue weighted by molar-refractivity contribution is 5.76. The first-order valence-corrected chi connectivity index (χ1v) is 5.92. The van der Waals surface area contributed by atoms with E-state index >= 15 is 0 Å². The quantitative estimate of drug-likeness (QED) is 0.423. The van der Waals surface area contributed by atoms with E-state index in [2.05, 4.69) is 20.8 Å². The second kappa shape index (κ2) is 7.37. The topological polar surface area (TPSA) is 127 Å². The van der Waals surface area contributed by atoms with Crippen molar-refractivity contribution < 1.29 is 19.8 Å². The number of urea groups is 1. The Bertz CT molecular complexity index is 432. The van der Waals surface area contributed by atoms with Crippen LogP contribution >= 0.6 is 0 Å². The monoisotopic (exact) mass is 270 g/mol. The lowest BCUT2D eigenvalue weighted by molar-refractivity contribution is -0.146. The molecule has 0 aliphatic heterocycles. The van der Waals surface area contributed by atoms with E-state index in [4.69, 9.17) is 10.2 Å². The van der Waals surface area contributed by atoms with Gasteiger partial charge >= 0.3 is 12.0 Å². The summed E-state index contributed by atoms with van der Waals surface area (Å²) in [6.45, 7) is 2.07. The van der Waals surface area contributed by atoms with E-state index in [1.165, 1.54) is 0 Å². The first kappa shape index (κ1) is 15.0. The number of carboxylic acids is 1. The lowest BCUT2D eigenvalue weighted by Gasteiger charge is -2.09. The molecule has 1 atom stereocenters. The molecule has 0 spiro atoms. The van der Waals surface area contributed by atoms with Crippen molar-refractivity contribution in [3.05, 3.63) is 17.5 Å². The molecule has 0 radical (unpaired) electrons. The molecule has 1 unspecified atom stereocenters. The number of aliphatic hydroxyl groups is 1. The van der Waals surface area contributed by atoms with Crippen molar-refractivity contribution in [2.75, 3.05) is 13.1 Å². The lowest BCUT2D eigenvalue weighted by Crippen LogP contribution is -2.42. The fourth-order valence-corrected chi connectivity index (χ4v) is 1.45. The number of carbonyl (C=O) groups excluding carboxylic acids is 1. The highest BCUT2D eigenvalue weighted by Gasteiger charge is 2.13. The number of hydrogen-bond acceptors (Lipinski definition) is 4. The number of amides is 2. The van der Waals surface area contributed by atoms with Gasteiger partial charge in [0.1, 0.15) is 0 Å². The van der Waals surface area contributed by atoms with Crippen LogP contribution in [0.2, 0.25) is 0 Å². The van der Waals surface area contributed by atoms with Gasteiger partial charge in [-0.15, -0.1) is 0 Å². The summed E-state index contributed by atoms with van der Waals surface area (Å²) in [5.41, 5.74) is 2.11. The van der Waals surface area contributed by atoms with Crippen molar-refractivity contribution in [3.63, 3.8) is 0 Å². The number of carbonyl (C=O) groups is 2. The van der Waals surface area contributed by atoms with Crippen LogP contribution in [-0.2, 0) is 11.2 Å². The molecule has 19 heavy (non-hydrogen) atoms. The third-order valence-electron chi connectivity index (χ3n) is 2.58. The number of aromatic nitrogens is 2. The SMILES string of the molecule is Cc1[nH]ncc1CCCNC(=O)NCC(O)C(=O)O. The van der Waals surface area contributed by atoms with Crippen molar-refractivity contribution >= 4 is 12.0 Å². The maximum atomic E-state index is 11.3. The third kappa shape index (κ3) is 5.38. The van der Waals surface area contributed by atoms with Gasteiger partial charge in [0.05, 0.1) is 12.7 Å². The summed E-state index contributed by atoms with van der Waals surface area (Å²) in [5.74, 6) is -1.37. The minimum atomic E-state index is -1.58. The van der Waals surface area contributed by atoms with Crippen molar-refractivity contribution in [1.29, 1.82) is 0 Å². The number of nitrogens with zero attached hydrogens (tertiary/aromatic N) is 1. The lowest BCUT2D eigenvalue weighted by atomic mass is 10.1. The Hall–Kier alpha value is -2.09. The average molecular weight is 270 g/mol. The largest absolute Gasteiger partial charge is 0.479 e. The molecular formula is C11H18N4O4. The van der Waals surface area contributed by atoms with Crippen LogP contribution < -0.4 is 10.6 Å². The van der Waals surface area contributed by atoms with E-state index in [1.54, 1.807) is 6.20 Å². The van der Waals surface area contributed by atoms with Gasteiger partial charge in [0.15, 0.2) is 6.10 Å². The highest BCUT2D eigenvalue weighted by Crippen LogP contribution is 2.04. The fourth-order valence-electron chi connectivity index (χ4n) is 1.45. The minimum absolute atomic E-state index is 0.317. The van der Waals surface area contributed by atoms with Crippen LogP contribution in [0.25, 0.3) is 0 Å². The van der Waals surface area contributed by atoms with Crippen LogP contribution in [0.3, 0.4) is 0 Å². The predicted molar refractivity (Wildman–Crippen MR) is 66.7 cm³/mol. The van der Waals surface area contributed by atoms with Crippen LogP contribution in [0.5, 0.6) is 0 Å². The second-order valence-electron chi connectivity index (χ2n) is 4.11. The van der Waals surface area contributed by atoms with E-state index in [1.807, 2.05) is 6.92 Å². The summed E-state index contributed by atoms with van der Waals surface area (Å²) in [4.78, 5) is 21.6. The molecule has 1 aromatic rings. The van der Waals surface area contributed by atoms with Gasteiger partial charge in [-0.2, -0.15) is 5.10 Å². The van der Waals surface area contributed by atoms with E-state index < -0.39 is 18.1 Å². The van der Waals surface area contributed by atoms with E-state index in [-0.39, 0.29) is 6.54 Å². The van der Waals surface area contributed by atoms with Gasteiger partial charge in [0.2, 0.25) is 0 Å². The summed E-state index contributed by atoms with van der Waals surface area (Å²) < 4.78 is 0. The Labute approximate surface area is 110 Å². The molecule has 0 aromatic carbocycles. The number of aliphatic carboxylic acids is 1. The molecule has 1 heterocycles. The van der Waals surface area contributed by atoms with Gasteiger partial charge in [0.25, 0.3) is 0 Å². The zero-order valence-electron chi connectivity index (χ0n) is 10.6. The smallest absolute Gasteiger partial charge is 0.334 e. The standard InChI is InChI=1S/C11H18N4O4/c1-7-8(5-14-15-7)3-2-4-12-11(19)13-6-9(16)10(17)18/h5,9,16H,2-4,6H2,1H3,(H,14,15)(H,17,18)(H2,12,13,19). The normalized spacial score (nSPS) is 11.9. The molecule has 0 fully saturated rings. The van der Waals surface area contributed by atoms with Gasteiger partial charge in [-0.3, -0.25) is 5.10 Å². The molecule has 0 bridgehead atoms. The Morgan fingerprint density at radius 1 is 1.47 bits per heavy atom. The Kier molecular flexibility index (Phi) is 5.80. The van der Waals surface area contributed by atoms with Crippen LogP contribution in [0.15, 0.2) is 6.20 Å².